The number of esters is 1. The van der Waals surface area contributed by atoms with Crippen LogP contribution in [-0.2, 0) is 21.0 Å². The van der Waals surface area contributed by atoms with Gasteiger partial charge in [-0.3, -0.25) is 19.1 Å². The number of carbonyl (C=O) groups excluding carboxylic acids is 2. The molecule has 0 aliphatic carbocycles. The summed E-state index contributed by atoms with van der Waals surface area (Å²) in [5.41, 5.74) is 5.48. The summed E-state index contributed by atoms with van der Waals surface area (Å²) >= 11 is 1.84. The van der Waals surface area contributed by atoms with Gasteiger partial charge in [-0.1, -0.05) is 6.42 Å². The van der Waals surface area contributed by atoms with Crippen molar-refractivity contribution in [3.63, 3.8) is 0 Å². The molecular weight excluding hydrogens is 454 g/mol. The quantitative estimate of drug-likeness (QED) is 0.156. The van der Waals surface area contributed by atoms with Gasteiger partial charge in [-0.2, -0.15) is 16.7 Å². The van der Waals surface area contributed by atoms with E-state index in [2.05, 4.69) is 25.6 Å². The van der Waals surface area contributed by atoms with E-state index in [1.54, 1.807) is 0 Å². The number of nitrogens with two attached hydrogens (primary N) is 1. The van der Waals surface area contributed by atoms with E-state index < -0.39 is 11.7 Å². The minimum Gasteiger partial charge on any atom is -0.463 e. The second-order valence-corrected chi connectivity index (χ2v) is 9.26. The van der Waals surface area contributed by atoms with Gasteiger partial charge in [0.1, 0.15) is 19.4 Å². The number of unbranched alkanes of at least 4 members (excludes halogenated alkanes) is 1. The molecule has 180 valence electrons. The number of aromatic nitrogens is 4. The highest BCUT2D eigenvalue weighted by Crippen LogP contribution is 2.33. The van der Waals surface area contributed by atoms with Crippen molar-refractivity contribution < 1.29 is 24.2 Å². The second kappa shape index (κ2) is 10.4. The fraction of sp³-hybridized carbons (Fsp3) is 0.632. The Hall–Kier alpha value is -2.84. The van der Waals surface area contributed by atoms with Crippen LogP contribution < -0.4 is 21.9 Å². The minimum absolute atomic E-state index is 0.0436. The molecule has 4 atom stereocenters. The third-order valence-corrected chi connectivity index (χ3v) is 7.14. The zero-order valence-electron chi connectivity index (χ0n) is 17.9. The SMILES string of the molecule is Nc1nc2c(ncn2COC(CO)COC(=O)CCCC[C@@H]2SC[C@@H]3NC(=O)N[C@@H]32)c(=O)[nH]1. The lowest BCUT2D eigenvalue weighted by Crippen LogP contribution is -2.36. The third-order valence-electron chi connectivity index (χ3n) is 5.63. The Kier molecular flexibility index (Phi) is 7.35. The molecule has 2 aromatic heterocycles. The molecule has 4 heterocycles. The standard InChI is InChI=1S/C19H27N7O6S/c20-18-24-16-15(17(29)25-18)21-8-26(16)9-32-10(5-27)6-31-13(28)4-2-1-3-12-14-11(7-33-12)22-19(30)23-14/h8,10-12,14,27H,1-7,9H2,(H2,22,23,30)(H3,20,24,25,29)/t10?,11-,12-,14-/m0/s1. The van der Waals surface area contributed by atoms with Crippen LogP contribution in [0, 0.1) is 0 Å². The zero-order valence-corrected chi connectivity index (χ0v) is 18.7. The molecule has 0 spiro atoms. The predicted molar refractivity (Wildman–Crippen MR) is 119 cm³/mol. The number of hydrogen-bond donors (Lipinski definition) is 5. The molecule has 2 saturated heterocycles. The second-order valence-electron chi connectivity index (χ2n) is 7.99. The van der Waals surface area contributed by atoms with Gasteiger partial charge in [0.15, 0.2) is 11.2 Å². The van der Waals surface area contributed by atoms with Crippen LogP contribution in [0.4, 0.5) is 10.7 Å². The number of aromatic amines is 1. The van der Waals surface area contributed by atoms with Gasteiger partial charge >= 0.3 is 12.0 Å². The number of aliphatic hydroxyl groups is 1. The fourth-order valence-electron chi connectivity index (χ4n) is 3.92. The van der Waals surface area contributed by atoms with Crippen LogP contribution in [0.15, 0.2) is 11.1 Å². The molecule has 13 nitrogen and oxygen atoms in total. The molecule has 0 aromatic carbocycles. The number of nitrogens with one attached hydrogen (secondary N) is 3. The van der Waals surface area contributed by atoms with Crippen LogP contribution in [-0.4, -0.2) is 79.0 Å². The number of nitrogen functional groups attached to an aromatic ring is 1. The summed E-state index contributed by atoms with van der Waals surface area (Å²) in [4.78, 5) is 45.7. The van der Waals surface area contributed by atoms with Crippen LogP contribution in [0.5, 0.6) is 0 Å². The number of amides is 2. The summed E-state index contributed by atoms with van der Waals surface area (Å²) < 4.78 is 12.3. The lowest BCUT2D eigenvalue weighted by atomic mass is 10.0. The Morgan fingerprint density at radius 1 is 1.36 bits per heavy atom. The number of aliphatic hydroxyl groups excluding tert-OH is 1. The van der Waals surface area contributed by atoms with Crippen LogP contribution in [0.1, 0.15) is 25.7 Å². The van der Waals surface area contributed by atoms with Crippen molar-refractivity contribution in [3.05, 3.63) is 16.7 Å². The number of imidazole rings is 1. The van der Waals surface area contributed by atoms with Gasteiger partial charge in [-0.05, 0) is 12.8 Å². The van der Waals surface area contributed by atoms with E-state index in [-0.39, 0.29) is 67.6 Å². The first-order valence-electron chi connectivity index (χ1n) is 10.7. The number of anilines is 1. The molecule has 2 aliphatic rings. The van der Waals surface area contributed by atoms with E-state index in [1.807, 2.05) is 11.8 Å². The van der Waals surface area contributed by atoms with Gasteiger partial charge in [-0.25, -0.2) is 9.78 Å². The number of carbonyl (C=O) groups is 2. The number of ether oxygens (including phenoxy) is 2. The van der Waals surface area contributed by atoms with E-state index >= 15 is 0 Å². The van der Waals surface area contributed by atoms with E-state index in [4.69, 9.17) is 15.2 Å². The first-order chi connectivity index (χ1) is 15.9. The van der Waals surface area contributed by atoms with E-state index in [0.29, 0.717) is 11.7 Å². The van der Waals surface area contributed by atoms with Crippen molar-refractivity contribution in [1.82, 2.24) is 30.2 Å². The molecular formula is C19H27N7O6S. The number of nitrogens with zero attached hydrogens (tertiary/aromatic N) is 3. The Balaban J connectivity index is 1.15. The van der Waals surface area contributed by atoms with Crippen LogP contribution in [0.25, 0.3) is 11.2 Å². The average Bonchev–Trinajstić information content (AvgIpc) is 3.46. The number of H-pyrrole nitrogens is 1. The highest BCUT2D eigenvalue weighted by atomic mass is 32.2. The van der Waals surface area contributed by atoms with Gasteiger partial charge in [-0.15, -0.1) is 0 Å². The molecule has 0 radical (unpaired) electrons. The molecule has 33 heavy (non-hydrogen) atoms. The first kappa shape index (κ1) is 23.3. The lowest BCUT2D eigenvalue weighted by Gasteiger charge is -2.17. The van der Waals surface area contributed by atoms with Crippen LogP contribution in [0.2, 0.25) is 0 Å². The molecule has 2 aromatic rings. The molecule has 2 aliphatic heterocycles. The zero-order chi connectivity index (χ0) is 23.4. The Morgan fingerprint density at radius 2 is 2.21 bits per heavy atom. The van der Waals surface area contributed by atoms with Crippen molar-refractivity contribution in [2.24, 2.45) is 0 Å². The first-order valence-corrected chi connectivity index (χ1v) is 11.8. The smallest absolute Gasteiger partial charge is 0.315 e. The molecule has 2 fully saturated rings. The average molecular weight is 482 g/mol. The van der Waals surface area contributed by atoms with E-state index in [1.165, 1.54) is 10.9 Å². The molecule has 1 unspecified atom stereocenters. The van der Waals surface area contributed by atoms with Gasteiger partial charge in [0.2, 0.25) is 5.95 Å². The monoisotopic (exact) mass is 481 g/mol. The molecule has 0 saturated carbocycles. The summed E-state index contributed by atoms with van der Waals surface area (Å²) in [6.07, 6.45) is 3.37. The molecule has 0 bridgehead atoms. The number of thioether (sulfide) groups is 1. The Bertz CT molecular complexity index is 1060. The van der Waals surface area contributed by atoms with Crippen LogP contribution >= 0.6 is 11.8 Å². The summed E-state index contributed by atoms with van der Waals surface area (Å²) in [5, 5.41) is 15.8. The minimum atomic E-state index is -0.740. The summed E-state index contributed by atoms with van der Waals surface area (Å²) in [6.45, 7) is -0.503. The van der Waals surface area contributed by atoms with Crippen molar-refractivity contribution in [2.75, 3.05) is 24.7 Å². The Morgan fingerprint density at radius 3 is 3.03 bits per heavy atom. The van der Waals surface area contributed by atoms with E-state index in [0.717, 1.165) is 18.6 Å². The lowest BCUT2D eigenvalue weighted by molar-refractivity contribution is -0.150. The highest BCUT2D eigenvalue weighted by molar-refractivity contribution is 8.00. The molecule has 4 rings (SSSR count). The largest absolute Gasteiger partial charge is 0.463 e. The normalized spacial score (nSPS) is 22.7. The number of urea groups is 1. The van der Waals surface area contributed by atoms with Crippen molar-refractivity contribution >= 4 is 40.9 Å². The highest BCUT2D eigenvalue weighted by Gasteiger charge is 2.42. The van der Waals surface area contributed by atoms with Gasteiger partial charge in [0.25, 0.3) is 5.56 Å². The van der Waals surface area contributed by atoms with Gasteiger partial charge in [0.05, 0.1) is 25.0 Å². The molecule has 14 heteroatoms. The van der Waals surface area contributed by atoms with Crippen LogP contribution in [0.3, 0.4) is 0 Å². The predicted octanol–water partition coefficient (Wildman–Crippen LogP) is -0.694. The Labute approximate surface area is 192 Å². The fourth-order valence-corrected chi connectivity index (χ4v) is 5.46. The number of fused-ring (bicyclic) bond motifs is 2. The summed E-state index contributed by atoms with van der Waals surface area (Å²) in [7, 11) is 0. The van der Waals surface area contributed by atoms with Crippen molar-refractivity contribution in [1.29, 1.82) is 0 Å². The van der Waals surface area contributed by atoms with Crippen molar-refractivity contribution in [3.8, 4) is 0 Å². The molecule has 6 N–H and O–H groups in total. The maximum absolute atomic E-state index is 12.1. The maximum Gasteiger partial charge on any atom is 0.315 e. The van der Waals surface area contributed by atoms with Crippen molar-refractivity contribution in [2.45, 2.75) is 55.9 Å². The number of hydrogen-bond acceptors (Lipinski definition) is 10. The topological polar surface area (TPSA) is 186 Å². The summed E-state index contributed by atoms with van der Waals surface area (Å²) in [6, 6.07) is 0.256. The molecule has 2 amide bonds. The van der Waals surface area contributed by atoms with Gasteiger partial charge < -0.3 is 30.9 Å². The van der Waals surface area contributed by atoms with E-state index in [9.17, 15) is 19.5 Å². The maximum atomic E-state index is 12.1. The third kappa shape index (κ3) is 5.57. The van der Waals surface area contributed by atoms with Gasteiger partial charge in [0, 0.05) is 17.4 Å². The number of rotatable bonds is 11. The summed E-state index contributed by atoms with van der Waals surface area (Å²) in [5.74, 6) is 0.504.